The number of benzene rings is 3. The van der Waals surface area contributed by atoms with Crippen LogP contribution in [0.25, 0.3) is 24.3 Å². The zero-order valence-electron chi connectivity index (χ0n) is 27.9. The summed E-state index contributed by atoms with van der Waals surface area (Å²) in [5.74, 6) is 0. The fourth-order valence-corrected chi connectivity index (χ4v) is 5.94. The summed E-state index contributed by atoms with van der Waals surface area (Å²) < 4.78 is 4.66. The highest BCUT2D eigenvalue weighted by atomic mass is 15.1. The summed E-state index contributed by atoms with van der Waals surface area (Å²) in [5.41, 5.74) is 9.92. The second-order valence-corrected chi connectivity index (χ2v) is 11.5. The summed E-state index contributed by atoms with van der Waals surface area (Å²) in [6.45, 7) is 14.5. The summed E-state index contributed by atoms with van der Waals surface area (Å²) in [5, 5.41) is 0. The Bertz CT molecular complexity index is 1600. The van der Waals surface area contributed by atoms with Crippen molar-refractivity contribution < 1.29 is 9.13 Å². The molecule has 3 aromatic carbocycles. The Kier molecular flexibility index (Phi) is 11.5. The van der Waals surface area contributed by atoms with Gasteiger partial charge >= 0.3 is 0 Å². The van der Waals surface area contributed by atoms with Gasteiger partial charge in [0, 0.05) is 85.1 Å². The van der Waals surface area contributed by atoms with E-state index in [4.69, 9.17) is 0 Å². The van der Waals surface area contributed by atoms with Crippen LogP contribution in [0.2, 0.25) is 0 Å². The summed E-state index contributed by atoms with van der Waals surface area (Å²) in [4.78, 5) is 4.74. The maximum absolute atomic E-state index is 2.37. The average molecular weight is 609 g/mol. The minimum absolute atomic E-state index is 0.801. The van der Waals surface area contributed by atoms with Crippen molar-refractivity contribution in [3.63, 3.8) is 0 Å². The smallest absolute Gasteiger partial charge is 0.205 e. The lowest BCUT2D eigenvalue weighted by molar-refractivity contribution is -0.695. The predicted molar refractivity (Wildman–Crippen MR) is 196 cm³/mol. The normalized spacial score (nSPS) is 11.4. The molecular formula is C42H48N4+2. The first-order chi connectivity index (χ1) is 22.6. The number of hydrogen-bond acceptors (Lipinski definition) is 2. The molecule has 0 bridgehead atoms. The fraction of sp³-hybridized carbons (Fsp3) is 0.238. The van der Waals surface area contributed by atoms with Crippen molar-refractivity contribution >= 4 is 35.7 Å². The summed E-state index contributed by atoms with van der Waals surface area (Å²) in [7, 11) is 0. The topological polar surface area (TPSA) is 14.2 Å². The molecule has 0 aliphatic rings. The summed E-state index contributed by atoms with van der Waals surface area (Å²) >= 11 is 0. The molecule has 0 N–H and O–H groups in total. The minimum Gasteiger partial charge on any atom is -0.372 e. The van der Waals surface area contributed by atoms with Gasteiger partial charge in [0.25, 0.3) is 0 Å². The van der Waals surface area contributed by atoms with Crippen LogP contribution in [0.4, 0.5) is 11.4 Å². The van der Waals surface area contributed by atoms with Gasteiger partial charge in [-0.2, -0.15) is 9.13 Å². The van der Waals surface area contributed by atoms with E-state index in [2.05, 4.69) is 193 Å². The van der Waals surface area contributed by atoms with Crippen LogP contribution in [0, 0.1) is 0 Å². The Hall–Kier alpha value is -4.96. The average Bonchev–Trinajstić information content (AvgIpc) is 3.10. The SMILES string of the molecule is CCN(CC)c1ccc(/C=C/c2cccc[n+]2Cc2ccccc2C[n+]2ccccc2/C=C/c2ccc(N(CC)CC)cc2)cc1. The molecule has 4 heteroatoms. The van der Waals surface area contributed by atoms with Crippen LogP contribution in [-0.2, 0) is 13.1 Å². The zero-order valence-corrected chi connectivity index (χ0v) is 27.9. The Morgan fingerprint density at radius 1 is 0.435 bits per heavy atom. The molecule has 0 unspecified atom stereocenters. The predicted octanol–water partition coefficient (Wildman–Crippen LogP) is 8.39. The zero-order chi connectivity index (χ0) is 32.1. The Morgan fingerprint density at radius 2 is 0.804 bits per heavy atom. The Morgan fingerprint density at radius 3 is 1.17 bits per heavy atom. The molecule has 234 valence electrons. The second-order valence-electron chi connectivity index (χ2n) is 11.5. The van der Waals surface area contributed by atoms with Gasteiger partial charge in [0.1, 0.15) is 0 Å². The van der Waals surface area contributed by atoms with E-state index in [1.165, 1.54) is 45.0 Å². The molecule has 0 spiro atoms. The molecule has 5 aromatic rings. The van der Waals surface area contributed by atoms with Gasteiger partial charge in [0.2, 0.25) is 11.4 Å². The lowest BCUT2D eigenvalue weighted by Crippen LogP contribution is -2.40. The van der Waals surface area contributed by atoms with Gasteiger partial charge in [-0.25, -0.2) is 0 Å². The largest absolute Gasteiger partial charge is 0.372 e. The molecular weight excluding hydrogens is 560 g/mol. The number of anilines is 2. The third kappa shape index (κ3) is 8.39. The van der Waals surface area contributed by atoms with Crippen molar-refractivity contribution in [3.8, 4) is 0 Å². The van der Waals surface area contributed by atoms with E-state index in [0.717, 1.165) is 39.3 Å². The molecule has 46 heavy (non-hydrogen) atoms. The molecule has 0 fully saturated rings. The Labute approximate surface area is 276 Å². The molecule has 5 rings (SSSR count). The monoisotopic (exact) mass is 608 g/mol. The van der Waals surface area contributed by atoms with Gasteiger partial charge in [-0.15, -0.1) is 0 Å². The maximum atomic E-state index is 2.37. The van der Waals surface area contributed by atoms with Crippen molar-refractivity contribution in [1.82, 2.24) is 0 Å². The standard InChI is InChI=1S/C42H48N4/c1-5-43(6-2)41-27-21-35(22-28-41)19-25-39-17-11-13-31-45(39)33-37-15-9-10-16-38(37)34-46-32-14-12-18-40(46)26-20-36-23-29-42(30-24-36)44(7-3)8-4/h9-32H,5-8,33-34H2,1-4H3/q+2. The van der Waals surface area contributed by atoms with E-state index < -0.39 is 0 Å². The van der Waals surface area contributed by atoms with Crippen molar-refractivity contribution in [2.75, 3.05) is 36.0 Å². The Balaban J connectivity index is 1.32. The molecule has 0 atom stereocenters. The maximum Gasteiger partial charge on any atom is 0.205 e. The van der Waals surface area contributed by atoms with Crippen molar-refractivity contribution in [2.45, 2.75) is 40.8 Å². The molecule has 2 aromatic heterocycles. The number of rotatable bonds is 14. The second kappa shape index (κ2) is 16.4. The molecule has 4 nitrogen and oxygen atoms in total. The minimum atomic E-state index is 0.801. The molecule has 0 aliphatic carbocycles. The van der Waals surface area contributed by atoms with Crippen LogP contribution in [0.1, 0.15) is 61.3 Å². The lowest BCUT2D eigenvalue weighted by atomic mass is 10.1. The number of nitrogens with zero attached hydrogens (tertiary/aromatic N) is 4. The van der Waals surface area contributed by atoms with Gasteiger partial charge in [0.15, 0.2) is 25.5 Å². The van der Waals surface area contributed by atoms with E-state index in [9.17, 15) is 0 Å². The highest BCUT2D eigenvalue weighted by Crippen LogP contribution is 2.18. The molecule has 0 saturated carbocycles. The molecule has 2 heterocycles. The van der Waals surface area contributed by atoms with E-state index in [0.29, 0.717) is 0 Å². The molecule has 0 saturated heterocycles. The highest BCUT2D eigenvalue weighted by Gasteiger charge is 2.16. The van der Waals surface area contributed by atoms with Crippen molar-refractivity contribution in [1.29, 1.82) is 0 Å². The van der Waals surface area contributed by atoms with Crippen molar-refractivity contribution in [3.05, 3.63) is 155 Å². The molecule has 0 aliphatic heterocycles. The van der Waals surface area contributed by atoms with Crippen LogP contribution in [-0.4, -0.2) is 26.2 Å². The first-order valence-corrected chi connectivity index (χ1v) is 16.7. The van der Waals surface area contributed by atoms with Crippen LogP contribution in [0.5, 0.6) is 0 Å². The fourth-order valence-electron chi connectivity index (χ4n) is 5.94. The van der Waals surface area contributed by atoms with Gasteiger partial charge in [-0.3, -0.25) is 0 Å². The number of aromatic nitrogens is 2. The van der Waals surface area contributed by atoms with Crippen molar-refractivity contribution in [2.24, 2.45) is 0 Å². The van der Waals surface area contributed by atoms with E-state index in [1.807, 2.05) is 0 Å². The first kappa shape index (κ1) is 32.4. The quantitative estimate of drug-likeness (QED) is 0.118. The summed E-state index contributed by atoms with van der Waals surface area (Å²) in [6, 6.07) is 39.3. The number of hydrogen-bond donors (Lipinski definition) is 0. The highest BCUT2D eigenvalue weighted by molar-refractivity contribution is 5.69. The van der Waals surface area contributed by atoms with E-state index in [-0.39, 0.29) is 0 Å². The van der Waals surface area contributed by atoms with Crippen LogP contribution < -0.4 is 18.9 Å². The molecule has 0 amide bonds. The summed E-state index contributed by atoms with van der Waals surface area (Å²) in [6.07, 6.45) is 13.2. The van der Waals surface area contributed by atoms with Crippen LogP contribution in [0.3, 0.4) is 0 Å². The van der Waals surface area contributed by atoms with E-state index >= 15 is 0 Å². The van der Waals surface area contributed by atoms with Gasteiger partial charge in [-0.05, 0) is 87.4 Å². The van der Waals surface area contributed by atoms with Crippen LogP contribution in [0.15, 0.2) is 122 Å². The van der Waals surface area contributed by atoms with Gasteiger partial charge in [-0.1, -0.05) is 48.5 Å². The number of pyridine rings is 2. The molecule has 0 radical (unpaired) electrons. The first-order valence-electron chi connectivity index (χ1n) is 16.7. The van der Waals surface area contributed by atoms with E-state index in [1.54, 1.807) is 0 Å². The lowest BCUT2D eigenvalue weighted by Gasteiger charge is -2.20. The van der Waals surface area contributed by atoms with Gasteiger partial charge in [0.05, 0.1) is 0 Å². The van der Waals surface area contributed by atoms with Gasteiger partial charge < -0.3 is 9.80 Å². The van der Waals surface area contributed by atoms with Crippen LogP contribution >= 0.6 is 0 Å². The third-order valence-electron chi connectivity index (χ3n) is 8.69. The third-order valence-corrected chi connectivity index (χ3v) is 8.69.